The highest BCUT2D eigenvalue weighted by Crippen LogP contribution is 2.35. The Kier molecular flexibility index (Phi) is 5.82. The third-order valence-electron chi connectivity index (χ3n) is 3.73. The van der Waals surface area contributed by atoms with E-state index in [0.717, 1.165) is 24.6 Å². The monoisotopic (exact) mass is 303 g/mol. The van der Waals surface area contributed by atoms with Gasteiger partial charge >= 0.3 is 6.18 Å². The Hall–Kier alpha value is -1.07. The number of benzene rings is 1. The van der Waals surface area contributed by atoms with Gasteiger partial charge < -0.3 is 10.1 Å². The molecule has 0 aliphatic carbocycles. The third kappa shape index (κ3) is 4.45. The van der Waals surface area contributed by atoms with Crippen LogP contribution in [-0.2, 0) is 10.9 Å². The SMILES string of the molecule is CCCNC(c1ccc(C(F)(F)F)cc1C)C(C)(C)OC. The van der Waals surface area contributed by atoms with E-state index in [1.165, 1.54) is 6.07 Å². The maximum Gasteiger partial charge on any atom is 0.416 e. The van der Waals surface area contributed by atoms with Crippen LogP contribution in [0.5, 0.6) is 0 Å². The molecular weight excluding hydrogens is 279 g/mol. The minimum Gasteiger partial charge on any atom is -0.377 e. The summed E-state index contributed by atoms with van der Waals surface area (Å²) >= 11 is 0. The summed E-state index contributed by atoms with van der Waals surface area (Å²) in [4.78, 5) is 0. The number of hydrogen-bond acceptors (Lipinski definition) is 2. The molecule has 0 aliphatic heterocycles. The van der Waals surface area contributed by atoms with Crippen molar-refractivity contribution >= 4 is 0 Å². The number of ether oxygens (including phenoxy) is 1. The topological polar surface area (TPSA) is 21.3 Å². The van der Waals surface area contributed by atoms with Crippen molar-refractivity contribution in [1.82, 2.24) is 5.32 Å². The number of aryl methyl sites for hydroxylation is 1. The van der Waals surface area contributed by atoms with E-state index in [1.54, 1.807) is 20.1 Å². The molecule has 0 fully saturated rings. The highest BCUT2D eigenvalue weighted by molar-refractivity contribution is 5.36. The number of rotatable bonds is 6. The molecule has 0 saturated carbocycles. The van der Waals surface area contributed by atoms with Crippen molar-refractivity contribution in [2.24, 2.45) is 0 Å². The van der Waals surface area contributed by atoms with Gasteiger partial charge in [0.1, 0.15) is 0 Å². The molecule has 1 rings (SSSR count). The summed E-state index contributed by atoms with van der Waals surface area (Å²) in [7, 11) is 1.61. The van der Waals surface area contributed by atoms with Gasteiger partial charge in [-0.1, -0.05) is 13.0 Å². The largest absolute Gasteiger partial charge is 0.416 e. The molecule has 1 N–H and O–H groups in total. The maximum absolute atomic E-state index is 12.8. The highest BCUT2D eigenvalue weighted by atomic mass is 19.4. The Labute approximate surface area is 124 Å². The smallest absolute Gasteiger partial charge is 0.377 e. The fourth-order valence-electron chi connectivity index (χ4n) is 2.31. The first kappa shape index (κ1) is 18.0. The standard InChI is InChI=1S/C16H24F3NO/c1-6-9-20-14(15(3,4)21-5)13-8-7-12(10-11(13)2)16(17,18)19/h7-8,10,14,20H,6,9H2,1-5H3. The summed E-state index contributed by atoms with van der Waals surface area (Å²) < 4.78 is 43.8. The van der Waals surface area contributed by atoms with Crippen molar-refractivity contribution in [3.63, 3.8) is 0 Å². The van der Waals surface area contributed by atoms with Crippen molar-refractivity contribution < 1.29 is 17.9 Å². The molecule has 5 heteroatoms. The lowest BCUT2D eigenvalue weighted by atomic mass is 9.88. The molecular formula is C16H24F3NO. The summed E-state index contributed by atoms with van der Waals surface area (Å²) in [6.07, 6.45) is -3.37. The second-order valence-electron chi connectivity index (χ2n) is 5.76. The Bertz CT molecular complexity index is 469. The minimum atomic E-state index is -4.31. The molecule has 1 aromatic carbocycles. The number of alkyl halides is 3. The van der Waals surface area contributed by atoms with E-state index in [0.29, 0.717) is 5.56 Å². The summed E-state index contributed by atoms with van der Waals surface area (Å²) in [6, 6.07) is 3.72. The van der Waals surface area contributed by atoms with Crippen LogP contribution in [0.2, 0.25) is 0 Å². The molecule has 1 atom stereocenters. The average molecular weight is 303 g/mol. The normalized spacial score (nSPS) is 14.3. The average Bonchev–Trinajstić information content (AvgIpc) is 2.39. The van der Waals surface area contributed by atoms with Gasteiger partial charge in [0.2, 0.25) is 0 Å². The summed E-state index contributed by atoms with van der Waals surface area (Å²) in [5, 5.41) is 3.37. The van der Waals surface area contributed by atoms with Gasteiger partial charge in [-0.05, 0) is 57.0 Å². The predicted octanol–water partition coefficient (Wildman–Crippen LogP) is 4.48. The van der Waals surface area contributed by atoms with Crippen LogP contribution in [0.3, 0.4) is 0 Å². The van der Waals surface area contributed by atoms with E-state index >= 15 is 0 Å². The van der Waals surface area contributed by atoms with Gasteiger partial charge in [0.25, 0.3) is 0 Å². The number of nitrogens with one attached hydrogen (secondary N) is 1. The van der Waals surface area contributed by atoms with Crippen molar-refractivity contribution in [2.75, 3.05) is 13.7 Å². The molecule has 0 bridgehead atoms. The third-order valence-corrected chi connectivity index (χ3v) is 3.73. The van der Waals surface area contributed by atoms with Gasteiger partial charge in [0.15, 0.2) is 0 Å². The first-order valence-electron chi connectivity index (χ1n) is 7.09. The van der Waals surface area contributed by atoms with Crippen molar-refractivity contribution in [2.45, 2.75) is 51.9 Å². The molecule has 0 aromatic heterocycles. The van der Waals surface area contributed by atoms with Crippen molar-refractivity contribution in [1.29, 1.82) is 0 Å². The Balaban J connectivity index is 3.20. The van der Waals surface area contributed by atoms with Crippen LogP contribution < -0.4 is 5.32 Å². The lowest BCUT2D eigenvalue weighted by Gasteiger charge is -2.35. The zero-order valence-electron chi connectivity index (χ0n) is 13.3. The molecule has 120 valence electrons. The molecule has 1 aromatic rings. The molecule has 0 amide bonds. The first-order valence-corrected chi connectivity index (χ1v) is 7.09. The first-order chi connectivity index (χ1) is 9.63. The molecule has 0 aliphatic rings. The second kappa shape index (κ2) is 6.79. The van der Waals surface area contributed by atoms with E-state index in [4.69, 9.17) is 4.74 Å². The zero-order chi connectivity index (χ0) is 16.3. The van der Waals surface area contributed by atoms with E-state index < -0.39 is 17.3 Å². The zero-order valence-corrected chi connectivity index (χ0v) is 13.3. The van der Waals surface area contributed by atoms with Crippen LogP contribution in [0, 0.1) is 6.92 Å². The summed E-state index contributed by atoms with van der Waals surface area (Å²) in [5.74, 6) is 0. The molecule has 0 spiro atoms. The van der Waals surface area contributed by atoms with E-state index in [-0.39, 0.29) is 6.04 Å². The van der Waals surface area contributed by atoms with E-state index in [9.17, 15) is 13.2 Å². The van der Waals surface area contributed by atoms with Gasteiger partial charge in [0, 0.05) is 7.11 Å². The second-order valence-corrected chi connectivity index (χ2v) is 5.76. The van der Waals surface area contributed by atoms with Crippen LogP contribution in [0.1, 0.15) is 49.9 Å². The molecule has 0 heterocycles. The van der Waals surface area contributed by atoms with Crippen LogP contribution in [0.25, 0.3) is 0 Å². The lowest BCUT2D eigenvalue weighted by molar-refractivity contribution is -0.137. The molecule has 0 radical (unpaired) electrons. The number of methoxy groups -OCH3 is 1. The van der Waals surface area contributed by atoms with Gasteiger partial charge in [-0.25, -0.2) is 0 Å². The summed E-state index contributed by atoms with van der Waals surface area (Å²) in [5.41, 5.74) is 0.319. The van der Waals surface area contributed by atoms with Gasteiger partial charge in [0.05, 0.1) is 17.2 Å². The van der Waals surface area contributed by atoms with Gasteiger partial charge in [-0.15, -0.1) is 0 Å². The molecule has 0 saturated heterocycles. The van der Waals surface area contributed by atoms with E-state index in [1.807, 2.05) is 20.8 Å². The van der Waals surface area contributed by atoms with Crippen molar-refractivity contribution in [3.05, 3.63) is 34.9 Å². The van der Waals surface area contributed by atoms with Crippen LogP contribution >= 0.6 is 0 Å². The molecule has 1 unspecified atom stereocenters. The molecule has 2 nitrogen and oxygen atoms in total. The lowest BCUT2D eigenvalue weighted by Crippen LogP contribution is -2.41. The Morgan fingerprint density at radius 2 is 1.86 bits per heavy atom. The van der Waals surface area contributed by atoms with Gasteiger partial charge in [-0.2, -0.15) is 13.2 Å². The summed E-state index contributed by atoms with van der Waals surface area (Å²) in [6.45, 7) is 8.38. The Morgan fingerprint density at radius 3 is 2.29 bits per heavy atom. The minimum absolute atomic E-state index is 0.162. The fourth-order valence-corrected chi connectivity index (χ4v) is 2.31. The quantitative estimate of drug-likeness (QED) is 0.836. The van der Waals surface area contributed by atoms with E-state index in [2.05, 4.69) is 5.32 Å². The molecule has 21 heavy (non-hydrogen) atoms. The highest BCUT2D eigenvalue weighted by Gasteiger charge is 2.34. The van der Waals surface area contributed by atoms with Gasteiger partial charge in [-0.3, -0.25) is 0 Å². The Morgan fingerprint density at radius 1 is 1.24 bits per heavy atom. The van der Waals surface area contributed by atoms with Crippen LogP contribution in [-0.4, -0.2) is 19.3 Å². The fraction of sp³-hybridized carbons (Fsp3) is 0.625. The number of halogens is 3. The van der Waals surface area contributed by atoms with Crippen LogP contribution in [0.15, 0.2) is 18.2 Å². The van der Waals surface area contributed by atoms with Crippen molar-refractivity contribution in [3.8, 4) is 0 Å². The maximum atomic E-state index is 12.8. The number of hydrogen-bond donors (Lipinski definition) is 1. The predicted molar refractivity (Wildman–Crippen MR) is 78.3 cm³/mol. The van der Waals surface area contributed by atoms with Crippen LogP contribution in [0.4, 0.5) is 13.2 Å².